The van der Waals surface area contributed by atoms with Gasteiger partial charge in [0.15, 0.2) is 11.9 Å². The molecule has 1 saturated heterocycles. The molecule has 3 atom stereocenters. The maximum absolute atomic E-state index is 13.8. The van der Waals surface area contributed by atoms with Crippen LogP contribution in [0, 0.1) is 0 Å². The zero-order valence-corrected chi connectivity index (χ0v) is 10.4. The molecule has 1 amide bonds. The number of ketones is 1. The van der Waals surface area contributed by atoms with Gasteiger partial charge in [0.2, 0.25) is 12.1 Å². The first-order valence-electron chi connectivity index (χ1n) is 5.51. The molecule has 1 aliphatic heterocycles. The predicted octanol–water partition coefficient (Wildman–Crippen LogP) is -0.349. The Bertz CT molecular complexity index is 399. The molecule has 0 radical (unpaired) electrons. The summed E-state index contributed by atoms with van der Waals surface area (Å²) in [6.07, 6.45) is -3.98. The lowest BCUT2D eigenvalue weighted by Crippen LogP contribution is -2.48. The molecule has 0 unspecified atom stereocenters. The van der Waals surface area contributed by atoms with E-state index in [0.717, 1.165) is 19.2 Å². The molecule has 2 N–H and O–H groups in total. The highest BCUT2D eigenvalue weighted by molar-refractivity contribution is 5.88. The Morgan fingerprint density at radius 1 is 1.42 bits per heavy atom. The van der Waals surface area contributed by atoms with Crippen molar-refractivity contribution in [3.8, 4) is 0 Å². The molecule has 1 fully saturated rings. The molecule has 0 spiro atoms. The van der Waals surface area contributed by atoms with Crippen LogP contribution in [-0.4, -0.2) is 57.8 Å². The fourth-order valence-electron chi connectivity index (χ4n) is 1.65. The summed E-state index contributed by atoms with van der Waals surface area (Å²) in [7, 11) is 0. The van der Waals surface area contributed by atoms with E-state index in [1.807, 2.05) is 0 Å². The summed E-state index contributed by atoms with van der Waals surface area (Å²) in [5.41, 5.74) is 0. The maximum Gasteiger partial charge on any atom is 0.320 e. The van der Waals surface area contributed by atoms with E-state index in [9.17, 15) is 23.5 Å². The number of carbonyl (C=O) groups is 2. The molecule has 0 aromatic heterocycles. The number of alkyl halides is 2. The van der Waals surface area contributed by atoms with Crippen LogP contribution < -0.4 is 0 Å². The third kappa shape index (κ3) is 3.14. The van der Waals surface area contributed by atoms with E-state index in [1.165, 1.54) is 6.92 Å². The van der Waals surface area contributed by atoms with E-state index >= 15 is 0 Å². The minimum absolute atomic E-state index is 0.438. The third-order valence-corrected chi connectivity index (χ3v) is 2.65. The second-order valence-corrected chi connectivity index (χ2v) is 4.18. The smallest absolute Gasteiger partial charge is 0.320 e. The topological polar surface area (TPSA) is 87.1 Å². The first-order valence-corrected chi connectivity index (χ1v) is 5.51. The number of carbonyl (C=O) groups excluding carboxylic acids is 2. The van der Waals surface area contributed by atoms with E-state index in [4.69, 9.17) is 9.84 Å². The molecule has 0 saturated carbocycles. The third-order valence-electron chi connectivity index (χ3n) is 2.65. The molecule has 0 bridgehead atoms. The molecule has 6 nitrogen and oxygen atoms in total. The molecule has 8 heteroatoms. The molecular formula is C11H15F2NO5. The molecule has 0 aromatic carbocycles. The van der Waals surface area contributed by atoms with Crippen molar-refractivity contribution in [3.05, 3.63) is 12.3 Å². The number of ether oxygens (including phenoxy) is 1. The van der Waals surface area contributed by atoms with Gasteiger partial charge in [-0.25, -0.2) is 0 Å². The van der Waals surface area contributed by atoms with Crippen LogP contribution in [0.4, 0.5) is 8.78 Å². The van der Waals surface area contributed by atoms with Crippen molar-refractivity contribution in [2.24, 2.45) is 0 Å². The first-order chi connectivity index (χ1) is 8.71. The quantitative estimate of drug-likeness (QED) is 0.687. The second-order valence-electron chi connectivity index (χ2n) is 4.18. The molecule has 1 rings (SSSR count). The zero-order valence-electron chi connectivity index (χ0n) is 10.4. The van der Waals surface area contributed by atoms with Gasteiger partial charge in [0.05, 0.1) is 6.61 Å². The van der Waals surface area contributed by atoms with Crippen molar-refractivity contribution in [2.75, 3.05) is 6.61 Å². The summed E-state index contributed by atoms with van der Waals surface area (Å²) in [4.78, 5) is 22.6. The molecule has 19 heavy (non-hydrogen) atoms. The van der Waals surface area contributed by atoms with Gasteiger partial charge < -0.3 is 14.9 Å². The summed E-state index contributed by atoms with van der Waals surface area (Å²) >= 11 is 0. The lowest BCUT2D eigenvalue weighted by molar-refractivity contribution is -0.170. The summed E-state index contributed by atoms with van der Waals surface area (Å²) in [6, 6.07) is 0. The summed E-state index contributed by atoms with van der Waals surface area (Å²) in [5, 5.41) is 18.2. The molecular weight excluding hydrogens is 264 g/mol. The van der Waals surface area contributed by atoms with Crippen LogP contribution in [-0.2, 0) is 14.3 Å². The van der Waals surface area contributed by atoms with Gasteiger partial charge in [-0.15, -0.1) is 0 Å². The number of hydrogen-bond acceptors (Lipinski definition) is 5. The minimum Gasteiger partial charge on any atom is -0.394 e. The van der Waals surface area contributed by atoms with E-state index in [0.29, 0.717) is 4.90 Å². The molecule has 1 heterocycles. The Hall–Kier alpha value is -1.38. The lowest BCUT2D eigenvalue weighted by Gasteiger charge is -2.28. The number of hydrogen-bond donors (Lipinski definition) is 2. The highest BCUT2D eigenvalue weighted by atomic mass is 19.3. The van der Waals surface area contributed by atoms with E-state index in [2.05, 4.69) is 0 Å². The maximum atomic E-state index is 13.8. The van der Waals surface area contributed by atoms with Gasteiger partial charge in [0.25, 0.3) is 0 Å². The van der Waals surface area contributed by atoms with E-state index in [1.54, 1.807) is 0 Å². The van der Waals surface area contributed by atoms with Crippen LogP contribution >= 0.6 is 0 Å². The highest BCUT2D eigenvalue weighted by Gasteiger charge is 2.60. The molecule has 108 valence electrons. The number of allylic oxidation sites excluding steroid dienone is 1. The van der Waals surface area contributed by atoms with Crippen molar-refractivity contribution in [1.29, 1.82) is 0 Å². The first kappa shape index (κ1) is 15.7. The minimum atomic E-state index is -3.75. The molecule has 0 aromatic rings. The van der Waals surface area contributed by atoms with Gasteiger partial charge >= 0.3 is 5.92 Å². The summed E-state index contributed by atoms with van der Waals surface area (Å²) in [6.45, 7) is 1.39. The van der Waals surface area contributed by atoms with Crippen LogP contribution in [0.15, 0.2) is 12.3 Å². The number of nitrogens with zero attached hydrogens (tertiary/aromatic N) is 1. The predicted molar refractivity (Wildman–Crippen MR) is 59.0 cm³/mol. The SMILES string of the molecule is CC(=O)/C=C\N(C(C)=O)[C@@H]1O[C@H](CO)[C@@H](O)C1(F)F. The van der Waals surface area contributed by atoms with Crippen LogP contribution in [0.2, 0.25) is 0 Å². The van der Waals surface area contributed by atoms with Crippen LogP contribution in [0.3, 0.4) is 0 Å². The van der Waals surface area contributed by atoms with Crippen molar-refractivity contribution >= 4 is 11.7 Å². The molecule has 0 aliphatic carbocycles. The summed E-state index contributed by atoms with van der Waals surface area (Å²) < 4.78 is 32.3. The van der Waals surface area contributed by atoms with Gasteiger partial charge in [-0.3, -0.25) is 14.5 Å². The van der Waals surface area contributed by atoms with Crippen molar-refractivity contribution in [3.63, 3.8) is 0 Å². The van der Waals surface area contributed by atoms with Gasteiger partial charge in [-0.05, 0) is 13.0 Å². The van der Waals surface area contributed by atoms with Gasteiger partial charge in [-0.2, -0.15) is 8.78 Å². The Morgan fingerprint density at radius 3 is 2.37 bits per heavy atom. The Kier molecular flexibility index (Phi) is 4.72. The van der Waals surface area contributed by atoms with E-state index < -0.39 is 42.7 Å². The van der Waals surface area contributed by atoms with Crippen LogP contribution in [0.25, 0.3) is 0 Å². The molecule has 1 aliphatic rings. The fourth-order valence-corrected chi connectivity index (χ4v) is 1.65. The Labute approximate surface area is 108 Å². The number of halogens is 2. The number of amides is 1. The number of rotatable bonds is 4. The summed E-state index contributed by atoms with van der Waals surface area (Å²) in [5.74, 6) is -4.97. The van der Waals surface area contributed by atoms with Crippen molar-refractivity contribution < 1.29 is 33.3 Å². The van der Waals surface area contributed by atoms with Crippen molar-refractivity contribution in [2.45, 2.75) is 38.2 Å². The van der Waals surface area contributed by atoms with Gasteiger partial charge in [0.1, 0.15) is 6.10 Å². The fraction of sp³-hybridized carbons (Fsp3) is 0.636. The van der Waals surface area contributed by atoms with Gasteiger partial charge in [0, 0.05) is 13.1 Å². The van der Waals surface area contributed by atoms with Crippen LogP contribution in [0.5, 0.6) is 0 Å². The van der Waals surface area contributed by atoms with E-state index in [-0.39, 0.29) is 0 Å². The lowest BCUT2D eigenvalue weighted by atomic mass is 10.1. The monoisotopic (exact) mass is 279 g/mol. The average Bonchev–Trinajstić information content (AvgIpc) is 2.52. The zero-order chi connectivity index (χ0) is 14.8. The normalized spacial score (nSPS) is 29.7. The Balaban J connectivity index is 3.03. The average molecular weight is 279 g/mol. The second kappa shape index (κ2) is 5.72. The Morgan fingerprint density at radius 2 is 2.00 bits per heavy atom. The highest BCUT2D eigenvalue weighted by Crippen LogP contribution is 2.38. The van der Waals surface area contributed by atoms with Gasteiger partial charge in [-0.1, -0.05) is 0 Å². The standard InChI is InChI=1S/C11H15F2NO5/c1-6(16)3-4-14(7(2)17)10-11(12,13)9(18)8(5-15)19-10/h3-4,8-10,15,18H,5H2,1-2H3/b4-3-/t8-,9-,10-/m1/s1. The van der Waals surface area contributed by atoms with Crippen LogP contribution in [0.1, 0.15) is 13.8 Å². The number of aliphatic hydroxyl groups is 2. The van der Waals surface area contributed by atoms with Crippen molar-refractivity contribution in [1.82, 2.24) is 4.90 Å². The largest absolute Gasteiger partial charge is 0.394 e. The number of aliphatic hydroxyl groups excluding tert-OH is 2.